The van der Waals surface area contributed by atoms with Crippen LogP contribution in [0.15, 0.2) is 18.2 Å². The smallest absolute Gasteiger partial charge is 0.152 e. The van der Waals surface area contributed by atoms with Crippen LogP contribution in [0.1, 0.15) is 30.4 Å². The summed E-state index contributed by atoms with van der Waals surface area (Å²) in [4.78, 5) is 11.2. The monoisotopic (exact) mass is 226 g/mol. The molecule has 1 atom stereocenters. The highest BCUT2D eigenvalue weighted by atomic mass is 35.5. The Morgan fingerprint density at radius 2 is 2.20 bits per heavy atom. The number of ether oxygens (including phenoxy) is 1. The number of ketones is 1. The fraction of sp³-hybridized carbons (Fsp3) is 0.417. The molecule has 15 heavy (non-hydrogen) atoms. The molecule has 0 N–H and O–H groups in total. The fourth-order valence-corrected chi connectivity index (χ4v) is 1.53. The van der Waals surface area contributed by atoms with E-state index in [9.17, 15) is 4.79 Å². The summed E-state index contributed by atoms with van der Waals surface area (Å²) in [7, 11) is 0. The van der Waals surface area contributed by atoms with Crippen molar-refractivity contribution >= 4 is 17.4 Å². The van der Waals surface area contributed by atoms with Gasteiger partial charge in [0.05, 0.1) is 6.61 Å². The number of aryl methyl sites for hydroxylation is 1. The number of halogens is 1. The number of hydrogen-bond acceptors (Lipinski definition) is 2. The number of carbonyl (C=O) groups excluding carboxylic acids is 1. The number of hydrogen-bond donors (Lipinski definition) is 0. The summed E-state index contributed by atoms with van der Waals surface area (Å²) in [5, 5.41) is -0.618. The van der Waals surface area contributed by atoms with Crippen LogP contribution in [-0.4, -0.2) is 12.4 Å². The highest BCUT2D eigenvalue weighted by Gasteiger charge is 2.17. The minimum absolute atomic E-state index is 0.0681. The van der Waals surface area contributed by atoms with Crippen molar-refractivity contribution in [3.8, 4) is 5.75 Å². The molecule has 3 heteroatoms. The second-order valence-electron chi connectivity index (χ2n) is 3.45. The molecule has 0 saturated heterocycles. The Kier molecular flexibility index (Phi) is 4.15. The van der Waals surface area contributed by atoms with Gasteiger partial charge in [0.25, 0.3) is 0 Å². The summed E-state index contributed by atoms with van der Waals surface area (Å²) in [6.07, 6.45) is 0. The van der Waals surface area contributed by atoms with Crippen molar-refractivity contribution in [1.82, 2.24) is 0 Å². The van der Waals surface area contributed by atoms with Crippen molar-refractivity contribution in [2.24, 2.45) is 0 Å². The van der Waals surface area contributed by atoms with Crippen LogP contribution in [0.25, 0.3) is 0 Å². The van der Waals surface area contributed by atoms with Crippen molar-refractivity contribution in [2.75, 3.05) is 6.61 Å². The number of benzene rings is 1. The van der Waals surface area contributed by atoms with Crippen molar-refractivity contribution < 1.29 is 9.53 Å². The van der Waals surface area contributed by atoms with Crippen molar-refractivity contribution in [3.63, 3.8) is 0 Å². The first-order valence-corrected chi connectivity index (χ1v) is 5.37. The minimum Gasteiger partial charge on any atom is -0.494 e. The van der Waals surface area contributed by atoms with Gasteiger partial charge in [-0.2, -0.15) is 0 Å². The van der Waals surface area contributed by atoms with Gasteiger partial charge in [-0.25, -0.2) is 0 Å². The third kappa shape index (κ3) is 2.96. The molecule has 2 nitrogen and oxygen atoms in total. The summed E-state index contributed by atoms with van der Waals surface area (Å²) >= 11 is 6.00. The van der Waals surface area contributed by atoms with E-state index in [1.165, 1.54) is 6.92 Å². The minimum atomic E-state index is -0.618. The lowest BCUT2D eigenvalue weighted by atomic mass is 10.1. The molecular formula is C12H15ClO2. The normalized spacial score (nSPS) is 12.3. The van der Waals surface area contributed by atoms with Crippen LogP contribution in [0.2, 0.25) is 0 Å². The average Bonchev–Trinajstić information content (AvgIpc) is 2.17. The lowest BCUT2D eigenvalue weighted by molar-refractivity contribution is -0.116. The van der Waals surface area contributed by atoms with Crippen molar-refractivity contribution in [3.05, 3.63) is 29.3 Å². The predicted octanol–water partition coefficient (Wildman–Crippen LogP) is 3.26. The topological polar surface area (TPSA) is 26.3 Å². The van der Waals surface area contributed by atoms with E-state index in [-0.39, 0.29) is 5.78 Å². The number of rotatable bonds is 4. The zero-order valence-corrected chi connectivity index (χ0v) is 9.97. The molecule has 1 rings (SSSR count). The van der Waals surface area contributed by atoms with Crippen LogP contribution in [0.4, 0.5) is 0 Å². The zero-order valence-electron chi connectivity index (χ0n) is 9.21. The molecule has 82 valence electrons. The van der Waals surface area contributed by atoms with E-state index in [0.29, 0.717) is 12.4 Å². The van der Waals surface area contributed by atoms with E-state index in [0.717, 1.165) is 11.1 Å². The fourth-order valence-electron chi connectivity index (χ4n) is 1.35. The Hall–Kier alpha value is -1.02. The summed E-state index contributed by atoms with van der Waals surface area (Å²) < 4.78 is 5.45. The third-order valence-electron chi connectivity index (χ3n) is 2.10. The van der Waals surface area contributed by atoms with E-state index >= 15 is 0 Å². The standard InChI is InChI=1S/C12H15ClO2/c1-4-15-11-7-8(2)5-6-10(11)12(13)9(3)14/h5-7,12H,4H2,1-3H3. The quantitative estimate of drug-likeness (QED) is 0.737. The summed E-state index contributed by atoms with van der Waals surface area (Å²) in [6.45, 7) is 5.93. The van der Waals surface area contributed by atoms with E-state index in [2.05, 4.69) is 0 Å². The molecule has 0 spiro atoms. The van der Waals surface area contributed by atoms with Crippen LogP contribution in [-0.2, 0) is 4.79 Å². The Morgan fingerprint density at radius 3 is 2.73 bits per heavy atom. The summed E-state index contributed by atoms with van der Waals surface area (Å²) in [6, 6.07) is 5.67. The van der Waals surface area contributed by atoms with Gasteiger partial charge in [0.1, 0.15) is 11.1 Å². The van der Waals surface area contributed by atoms with Crippen molar-refractivity contribution in [1.29, 1.82) is 0 Å². The number of Topliss-reactive ketones (excluding diaryl/α,β-unsaturated/α-hetero) is 1. The van der Waals surface area contributed by atoms with Crippen LogP contribution >= 0.6 is 11.6 Å². The third-order valence-corrected chi connectivity index (χ3v) is 2.64. The Morgan fingerprint density at radius 1 is 1.53 bits per heavy atom. The molecule has 0 radical (unpaired) electrons. The van der Waals surface area contributed by atoms with E-state index < -0.39 is 5.38 Å². The van der Waals surface area contributed by atoms with Gasteiger partial charge in [0.15, 0.2) is 5.78 Å². The molecule has 0 aromatic heterocycles. The molecule has 1 aromatic rings. The van der Waals surface area contributed by atoms with Gasteiger partial charge in [-0.3, -0.25) is 4.79 Å². The van der Waals surface area contributed by atoms with Crippen molar-refractivity contribution in [2.45, 2.75) is 26.1 Å². The maximum atomic E-state index is 11.2. The molecule has 1 aromatic carbocycles. The largest absolute Gasteiger partial charge is 0.494 e. The molecular weight excluding hydrogens is 212 g/mol. The van der Waals surface area contributed by atoms with Crippen LogP contribution in [0, 0.1) is 6.92 Å². The highest BCUT2D eigenvalue weighted by Crippen LogP contribution is 2.31. The Bertz CT molecular complexity index is 361. The average molecular weight is 227 g/mol. The van der Waals surface area contributed by atoms with E-state index in [1.54, 1.807) is 0 Å². The lowest BCUT2D eigenvalue weighted by Gasteiger charge is -2.13. The highest BCUT2D eigenvalue weighted by molar-refractivity contribution is 6.31. The first-order valence-electron chi connectivity index (χ1n) is 4.94. The molecule has 0 aliphatic carbocycles. The molecule has 0 aliphatic rings. The van der Waals surface area contributed by atoms with Gasteiger partial charge >= 0.3 is 0 Å². The molecule has 0 amide bonds. The van der Waals surface area contributed by atoms with Gasteiger partial charge in [-0.15, -0.1) is 11.6 Å². The Balaban J connectivity index is 3.10. The molecule has 0 heterocycles. The van der Waals surface area contributed by atoms with Gasteiger partial charge in [-0.1, -0.05) is 12.1 Å². The van der Waals surface area contributed by atoms with Gasteiger partial charge < -0.3 is 4.74 Å². The van der Waals surface area contributed by atoms with Gasteiger partial charge in [-0.05, 0) is 32.4 Å². The molecule has 1 unspecified atom stereocenters. The summed E-state index contributed by atoms with van der Waals surface area (Å²) in [5.74, 6) is 0.633. The lowest BCUT2D eigenvalue weighted by Crippen LogP contribution is -2.05. The maximum Gasteiger partial charge on any atom is 0.152 e. The van der Waals surface area contributed by atoms with Gasteiger partial charge in [0.2, 0.25) is 0 Å². The SMILES string of the molecule is CCOc1cc(C)ccc1C(Cl)C(C)=O. The first kappa shape index (κ1) is 12.1. The molecule has 0 aliphatic heterocycles. The second-order valence-corrected chi connectivity index (χ2v) is 3.88. The zero-order chi connectivity index (χ0) is 11.4. The first-order chi connectivity index (χ1) is 7.06. The molecule has 0 fully saturated rings. The van der Waals surface area contributed by atoms with Gasteiger partial charge in [0, 0.05) is 5.56 Å². The predicted molar refractivity (Wildman–Crippen MR) is 61.6 cm³/mol. The maximum absolute atomic E-state index is 11.2. The van der Waals surface area contributed by atoms with Crippen LogP contribution < -0.4 is 4.74 Å². The number of alkyl halides is 1. The van der Waals surface area contributed by atoms with E-state index in [4.69, 9.17) is 16.3 Å². The molecule has 0 saturated carbocycles. The van der Waals surface area contributed by atoms with Crippen LogP contribution in [0.5, 0.6) is 5.75 Å². The summed E-state index contributed by atoms with van der Waals surface area (Å²) in [5.41, 5.74) is 1.84. The molecule has 0 bridgehead atoms. The number of carbonyl (C=O) groups is 1. The van der Waals surface area contributed by atoms with Crippen LogP contribution in [0.3, 0.4) is 0 Å². The Labute approximate surface area is 95.2 Å². The second kappa shape index (κ2) is 5.17. The van der Waals surface area contributed by atoms with E-state index in [1.807, 2.05) is 32.0 Å².